The minimum Gasteiger partial charge on any atom is -0.399 e. The lowest BCUT2D eigenvalue weighted by Gasteiger charge is -2.29. The van der Waals surface area contributed by atoms with Crippen LogP contribution in [0.4, 0.5) is 11.4 Å². The smallest absolute Gasteiger partial charge is 0.256 e. The number of rotatable bonds is 0. The molecule has 1 fully saturated rings. The highest BCUT2D eigenvalue weighted by molar-refractivity contribution is 6.02. The number of nitrogen functional groups attached to an aromatic ring is 2. The van der Waals surface area contributed by atoms with E-state index in [1.807, 2.05) is 11.8 Å². The van der Waals surface area contributed by atoms with Gasteiger partial charge in [-0.25, -0.2) is 0 Å². The SMILES string of the molecule is CC12NCCN1C(=O)c1cc(N)cc(N)c12. The van der Waals surface area contributed by atoms with E-state index < -0.39 is 5.66 Å². The Morgan fingerprint density at radius 1 is 1.44 bits per heavy atom. The summed E-state index contributed by atoms with van der Waals surface area (Å²) in [6.07, 6.45) is 0. The van der Waals surface area contributed by atoms with Crippen LogP contribution in [0.2, 0.25) is 0 Å². The average molecular weight is 218 g/mol. The summed E-state index contributed by atoms with van der Waals surface area (Å²) >= 11 is 0. The third-order valence-corrected chi connectivity index (χ3v) is 3.50. The number of hydrogen-bond acceptors (Lipinski definition) is 4. The number of nitrogens with two attached hydrogens (primary N) is 2. The zero-order chi connectivity index (χ0) is 11.5. The fourth-order valence-corrected chi connectivity index (χ4v) is 2.80. The average Bonchev–Trinajstić information content (AvgIpc) is 2.65. The first kappa shape index (κ1) is 9.47. The van der Waals surface area contributed by atoms with E-state index in [1.165, 1.54) is 0 Å². The van der Waals surface area contributed by atoms with E-state index in [4.69, 9.17) is 11.5 Å². The first-order valence-electron chi connectivity index (χ1n) is 5.30. The molecule has 1 unspecified atom stereocenters. The number of benzene rings is 1. The molecule has 0 spiro atoms. The number of nitrogens with one attached hydrogen (secondary N) is 1. The molecule has 1 aromatic carbocycles. The zero-order valence-corrected chi connectivity index (χ0v) is 9.08. The van der Waals surface area contributed by atoms with Crippen molar-refractivity contribution in [3.8, 4) is 0 Å². The fraction of sp³-hybridized carbons (Fsp3) is 0.364. The number of hydrogen-bond donors (Lipinski definition) is 3. The molecule has 16 heavy (non-hydrogen) atoms. The topological polar surface area (TPSA) is 84.4 Å². The Morgan fingerprint density at radius 2 is 2.19 bits per heavy atom. The van der Waals surface area contributed by atoms with Crippen LogP contribution in [0, 0.1) is 0 Å². The summed E-state index contributed by atoms with van der Waals surface area (Å²) in [5, 5.41) is 3.33. The summed E-state index contributed by atoms with van der Waals surface area (Å²) in [7, 11) is 0. The maximum atomic E-state index is 12.2. The summed E-state index contributed by atoms with van der Waals surface area (Å²) < 4.78 is 0. The van der Waals surface area contributed by atoms with Gasteiger partial charge in [-0.2, -0.15) is 0 Å². The number of anilines is 2. The highest BCUT2D eigenvalue weighted by Crippen LogP contribution is 2.43. The predicted molar refractivity (Wildman–Crippen MR) is 61.7 cm³/mol. The van der Waals surface area contributed by atoms with E-state index in [1.54, 1.807) is 12.1 Å². The monoisotopic (exact) mass is 218 g/mol. The van der Waals surface area contributed by atoms with Gasteiger partial charge < -0.3 is 16.4 Å². The number of nitrogens with zero attached hydrogens (tertiary/aromatic N) is 1. The Bertz CT molecular complexity index is 499. The second-order valence-corrected chi connectivity index (χ2v) is 4.49. The molecule has 2 aliphatic rings. The van der Waals surface area contributed by atoms with Crippen LogP contribution in [-0.2, 0) is 5.66 Å². The van der Waals surface area contributed by atoms with Gasteiger partial charge in [0.25, 0.3) is 5.91 Å². The zero-order valence-electron chi connectivity index (χ0n) is 9.08. The van der Waals surface area contributed by atoms with Crippen molar-refractivity contribution in [2.45, 2.75) is 12.6 Å². The van der Waals surface area contributed by atoms with Crippen LogP contribution in [0.5, 0.6) is 0 Å². The van der Waals surface area contributed by atoms with Gasteiger partial charge in [0.05, 0.1) is 5.56 Å². The largest absolute Gasteiger partial charge is 0.399 e. The Kier molecular flexibility index (Phi) is 1.59. The van der Waals surface area contributed by atoms with Crippen molar-refractivity contribution in [1.82, 2.24) is 10.2 Å². The van der Waals surface area contributed by atoms with Crippen molar-refractivity contribution in [3.63, 3.8) is 0 Å². The van der Waals surface area contributed by atoms with Gasteiger partial charge >= 0.3 is 0 Å². The summed E-state index contributed by atoms with van der Waals surface area (Å²) in [5.41, 5.74) is 13.9. The molecule has 5 N–H and O–H groups in total. The van der Waals surface area contributed by atoms with Gasteiger partial charge in [-0.05, 0) is 19.1 Å². The molecule has 0 aromatic heterocycles. The molecule has 1 amide bonds. The van der Waals surface area contributed by atoms with Crippen LogP contribution in [0.25, 0.3) is 0 Å². The van der Waals surface area contributed by atoms with Gasteiger partial charge in [0, 0.05) is 30.0 Å². The molecule has 84 valence electrons. The van der Waals surface area contributed by atoms with E-state index in [0.717, 1.165) is 12.1 Å². The van der Waals surface area contributed by atoms with Crippen molar-refractivity contribution in [3.05, 3.63) is 23.3 Å². The minimum atomic E-state index is -0.454. The van der Waals surface area contributed by atoms with Crippen molar-refractivity contribution in [1.29, 1.82) is 0 Å². The normalized spacial score (nSPS) is 27.1. The van der Waals surface area contributed by atoms with Gasteiger partial charge in [-0.15, -0.1) is 0 Å². The van der Waals surface area contributed by atoms with Crippen LogP contribution >= 0.6 is 0 Å². The van der Waals surface area contributed by atoms with Crippen LogP contribution in [0.3, 0.4) is 0 Å². The molecule has 0 radical (unpaired) electrons. The fourth-order valence-electron chi connectivity index (χ4n) is 2.80. The van der Waals surface area contributed by atoms with Gasteiger partial charge in [-0.1, -0.05) is 0 Å². The number of amides is 1. The predicted octanol–water partition coefficient (Wildman–Crippen LogP) is 0.0827. The van der Waals surface area contributed by atoms with Crippen LogP contribution in [-0.4, -0.2) is 23.9 Å². The molecule has 5 heteroatoms. The third-order valence-electron chi connectivity index (χ3n) is 3.50. The van der Waals surface area contributed by atoms with Crippen molar-refractivity contribution >= 4 is 17.3 Å². The first-order valence-corrected chi connectivity index (χ1v) is 5.30. The van der Waals surface area contributed by atoms with E-state index in [9.17, 15) is 4.79 Å². The molecule has 5 nitrogen and oxygen atoms in total. The molecule has 0 saturated carbocycles. The minimum absolute atomic E-state index is 0.0153. The van der Waals surface area contributed by atoms with Crippen molar-refractivity contribution in [2.75, 3.05) is 24.6 Å². The van der Waals surface area contributed by atoms with E-state index in [0.29, 0.717) is 23.5 Å². The third kappa shape index (κ3) is 0.911. The van der Waals surface area contributed by atoms with Crippen LogP contribution < -0.4 is 16.8 Å². The Balaban J connectivity index is 2.31. The number of fused-ring (bicyclic) bond motifs is 3. The summed E-state index contributed by atoms with van der Waals surface area (Å²) in [6, 6.07) is 3.42. The van der Waals surface area contributed by atoms with Crippen LogP contribution in [0.15, 0.2) is 12.1 Å². The molecule has 0 aliphatic carbocycles. The van der Waals surface area contributed by atoms with Crippen molar-refractivity contribution in [2.24, 2.45) is 0 Å². The lowest BCUT2D eigenvalue weighted by atomic mass is 9.98. The molecule has 0 bridgehead atoms. The van der Waals surface area contributed by atoms with Gasteiger partial charge in [0.1, 0.15) is 5.66 Å². The highest BCUT2D eigenvalue weighted by Gasteiger charge is 2.50. The Labute approximate surface area is 93.4 Å². The van der Waals surface area contributed by atoms with E-state index in [-0.39, 0.29) is 5.91 Å². The Morgan fingerprint density at radius 3 is 2.94 bits per heavy atom. The standard InChI is InChI=1S/C11H14N4O/c1-11-9-7(4-6(12)5-8(9)13)10(16)15(11)3-2-14-11/h4-5,14H,2-3,12-13H2,1H3. The first-order chi connectivity index (χ1) is 7.54. The number of carbonyl (C=O) groups excluding carboxylic acids is 1. The van der Waals surface area contributed by atoms with Gasteiger partial charge in [0.15, 0.2) is 0 Å². The molecule has 2 aliphatic heterocycles. The van der Waals surface area contributed by atoms with Crippen molar-refractivity contribution < 1.29 is 4.79 Å². The number of carbonyl (C=O) groups is 1. The van der Waals surface area contributed by atoms with Gasteiger partial charge in [-0.3, -0.25) is 10.1 Å². The highest BCUT2D eigenvalue weighted by atomic mass is 16.2. The summed E-state index contributed by atoms with van der Waals surface area (Å²) in [5.74, 6) is 0.0153. The molecule has 3 rings (SSSR count). The second-order valence-electron chi connectivity index (χ2n) is 4.49. The summed E-state index contributed by atoms with van der Waals surface area (Å²) in [6.45, 7) is 3.49. The lowest BCUT2D eigenvalue weighted by Crippen LogP contribution is -2.43. The molecule has 2 heterocycles. The molecular formula is C11H14N4O. The molecule has 1 saturated heterocycles. The Hall–Kier alpha value is -1.75. The molecule has 1 atom stereocenters. The van der Waals surface area contributed by atoms with Gasteiger partial charge in [0.2, 0.25) is 0 Å². The lowest BCUT2D eigenvalue weighted by molar-refractivity contribution is 0.0665. The van der Waals surface area contributed by atoms with Crippen LogP contribution in [0.1, 0.15) is 22.8 Å². The molecular weight excluding hydrogens is 204 g/mol. The summed E-state index contributed by atoms with van der Waals surface area (Å²) in [4.78, 5) is 14.0. The maximum absolute atomic E-state index is 12.2. The molecule has 1 aromatic rings. The second kappa shape index (κ2) is 2.68. The van der Waals surface area contributed by atoms with E-state index in [2.05, 4.69) is 5.32 Å². The van der Waals surface area contributed by atoms with E-state index >= 15 is 0 Å². The maximum Gasteiger partial charge on any atom is 0.256 e. The quantitative estimate of drug-likeness (QED) is 0.538.